The Morgan fingerprint density at radius 3 is 2.62 bits per heavy atom. The van der Waals surface area contributed by atoms with E-state index in [2.05, 4.69) is 15.8 Å². The summed E-state index contributed by atoms with van der Waals surface area (Å²) < 4.78 is 10.4. The summed E-state index contributed by atoms with van der Waals surface area (Å²) in [4.78, 5) is 11.0. The number of ether oxygens (including phenoxy) is 1. The molecular weight excluding hydrogens is 310 g/mol. The third kappa shape index (κ3) is 4.00. The number of amides is 1. The van der Waals surface area contributed by atoms with Gasteiger partial charge in [-0.05, 0) is 17.7 Å². The first kappa shape index (κ1) is 16.6. The molecule has 7 heteroatoms. The van der Waals surface area contributed by atoms with Gasteiger partial charge in [0.25, 0.3) is 0 Å². The van der Waals surface area contributed by atoms with Crippen LogP contribution in [0.3, 0.4) is 0 Å². The predicted molar refractivity (Wildman–Crippen MR) is 87.3 cm³/mol. The molecule has 0 atom stereocenters. The van der Waals surface area contributed by atoms with Gasteiger partial charge in [0, 0.05) is 31.6 Å². The molecule has 128 valence electrons. The van der Waals surface area contributed by atoms with Gasteiger partial charge in [0.05, 0.1) is 24.4 Å². The summed E-state index contributed by atoms with van der Waals surface area (Å²) in [7, 11) is 0. The van der Waals surface area contributed by atoms with E-state index in [1.54, 1.807) is 6.07 Å². The van der Waals surface area contributed by atoms with Gasteiger partial charge in [0.1, 0.15) is 6.61 Å². The number of carbonyl (C=O) groups excluding carboxylic acids is 1. The number of anilines is 1. The van der Waals surface area contributed by atoms with E-state index in [1.807, 2.05) is 24.3 Å². The fraction of sp³-hybridized carbons (Fsp3) is 0.412. The molecule has 2 heterocycles. The van der Waals surface area contributed by atoms with E-state index >= 15 is 0 Å². The largest absolute Gasteiger partial charge is 0.388 e. The van der Waals surface area contributed by atoms with Crippen LogP contribution >= 0.6 is 0 Å². The van der Waals surface area contributed by atoms with Crippen LogP contribution in [0, 0.1) is 0 Å². The zero-order chi connectivity index (χ0) is 17.0. The average Bonchev–Trinajstić information content (AvgIpc) is 2.98. The van der Waals surface area contributed by atoms with Crippen LogP contribution in [-0.4, -0.2) is 34.9 Å². The van der Waals surface area contributed by atoms with Crippen LogP contribution in [0.2, 0.25) is 0 Å². The third-order valence-corrected chi connectivity index (χ3v) is 3.98. The molecule has 2 aromatic rings. The van der Waals surface area contributed by atoms with Crippen LogP contribution in [-0.2, 0) is 29.1 Å². The van der Waals surface area contributed by atoms with Gasteiger partial charge < -0.3 is 25.0 Å². The highest BCUT2D eigenvalue weighted by Crippen LogP contribution is 2.23. The highest BCUT2D eigenvalue weighted by molar-refractivity contribution is 5.88. The van der Waals surface area contributed by atoms with Crippen LogP contribution < -0.4 is 10.6 Å². The molecule has 1 aromatic carbocycles. The summed E-state index contributed by atoms with van der Waals surface area (Å²) in [5.74, 6) is 0.384. The average molecular weight is 331 g/mol. The number of hydrogen-bond donors (Lipinski definition) is 3. The lowest BCUT2D eigenvalue weighted by Crippen LogP contribution is -2.61. The van der Waals surface area contributed by atoms with Crippen molar-refractivity contribution in [1.29, 1.82) is 0 Å². The zero-order valence-corrected chi connectivity index (χ0v) is 13.5. The number of carbonyl (C=O) groups is 1. The van der Waals surface area contributed by atoms with Crippen molar-refractivity contribution in [3.05, 3.63) is 47.3 Å². The van der Waals surface area contributed by atoms with Crippen molar-refractivity contribution in [2.24, 2.45) is 0 Å². The second-order valence-corrected chi connectivity index (χ2v) is 6.12. The normalized spacial score (nSPS) is 15.8. The van der Waals surface area contributed by atoms with Crippen molar-refractivity contribution in [3.8, 4) is 0 Å². The molecule has 0 radical (unpaired) electrons. The van der Waals surface area contributed by atoms with Crippen LogP contribution in [0.5, 0.6) is 0 Å². The molecule has 1 aromatic heterocycles. The minimum Gasteiger partial charge on any atom is -0.388 e. The Kier molecular flexibility index (Phi) is 4.94. The number of rotatable bonds is 7. The van der Waals surface area contributed by atoms with Gasteiger partial charge in [-0.2, -0.15) is 0 Å². The van der Waals surface area contributed by atoms with E-state index in [4.69, 9.17) is 14.4 Å². The Hall–Kier alpha value is -2.22. The molecule has 7 nitrogen and oxygen atoms in total. The van der Waals surface area contributed by atoms with E-state index in [-0.39, 0.29) is 18.1 Å². The number of nitrogens with one attached hydrogen (secondary N) is 2. The topological polar surface area (TPSA) is 96.6 Å². The maximum absolute atomic E-state index is 11.0. The van der Waals surface area contributed by atoms with E-state index in [0.29, 0.717) is 31.9 Å². The maximum atomic E-state index is 11.0. The van der Waals surface area contributed by atoms with E-state index < -0.39 is 0 Å². The molecule has 3 rings (SSSR count). The van der Waals surface area contributed by atoms with Crippen molar-refractivity contribution in [1.82, 2.24) is 10.5 Å². The van der Waals surface area contributed by atoms with Crippen molar-refractivity contribution >= 4 is 11.6 Å². The molecule has 24 heavy (non-hydrogen) atoms. The lowest BCUT2D eigenvalue weighted by Gasteiger charge is -2.42. The first-order chi connectivity index (χ1) is 11.6. The number of aromatic nitrogens is 1. The van der Waals surface area contributed by atoms with Crippen molar-refractivity contribution in [2.45, 2.75) is 32.0 Å². The number of nitrogens with zero attached hydrogens (tertiary/aromatic N) is 1. The minimum absolute atomic E-state index is 0.0821. The van der Waals surface area contributed by atoms with Crippen molar-refractivity contribution in [2.75, 3.05) is 18.5 Å². The summed E-state index contributed by atoms with van der Waals surface area (Å²) >= 11 is 0. The second kappa shape index (κ2) is 7.12. The molecule has 3 N–H and O–H groups in total. The summed E-state index contributed by atoms with van der Waals surface area (Å²) in [6.07, 6.45) is 0.681. The lowest BCUT2D eigenvalue weighted by atomic mass is 9.91. The van der Waals surface area contributed by atoms with Gasteiger partial charge in [-0.3, -0.25) is 4.79 Å². The number of hydrogen-bond acceptors (Lipinski definition) is 6. The summed E-state index contributed by atoms with van der Waals surface area (Å²) in [6, 6.07) is 9.49. The Morgan fingerprint density at radius 2 is 2.08 bits per heavy atom. The summed E-state index contributed by atoms with van der Waals surface area (Å²) in [6.45, 7) is 3.25. The van der Waals surface area contributed by atoms with E-state index in [9.17, 15) is 4.79 Å². The molecule has 0 saturated carbocycles. The Bertz CT molecular complexity index is 692. The lowest BCUT2D eigenvalue weighted by molar-refractivity contribution is -0.114. The number of aliphatic hydroxyl groups is 1. The Morgan fingerprint density at radius 1 is 1.33 bits per heavy atom. The highest BCUT2D eigenvalue weighted by atomic mass is 16.5. The zero-order valence-electron chi connectivity index (χ0n) is 13.5. The van der Waals surface area contributed by atoms with Crippen LogP contribution in [0.15, 0.2) is 34.9 Å². The standard InChI is InChI=1S/C17H21N3O4/c1-12(22)19-14-4-2-13(3-5-14)8-18-17(10-23-11-17)7-15-6-16(9-21)24-20-15/h2-6,18,21H,7-11H2,1H3,(H,19,22). The van der Waals surface area contributed by atoms with Crippen molar-refractivity contribution < 1.29 is 19.2 Å². The molecule has 1 saturated heterocycles. The van der Waals surface area contributed by atoms with Gasteiger partial charge in [-0.15, -0.1) is 0 Å². The van der Waals surface area contributed by atoms with Crippen LogP contribution in [0.1, 0.15) is 23.9 Å². The number of aliphatic hydroxyl groups excluding tert-OH is 1. The monoisotopic (exact) mass is 331 g/mol. The molecule has 0 unspecified atom stereocenters. The maximum Gasteiger partial charge on any atom is 0.221 e. The Balaban J connectivity index is 1.58. The first-order valence-corrected chi connectivity index (χ1v) is 7.83. The fourth-order valence-electron chi connectivity index (χ4n) is 2.67. The SMILES string of the molecule is CC(=O)Nc1ccc(CNC2(Cc3cc(CO)on3)COC2)cc1. The molecular formula is C17H21N3O4. The predicted octanol–water partition coefficient (Wildman–Crippen LogP) is 1.23. The third-order valence-electron chi connectivity index (χ3n) is 3.98. The smallest absolute Gasteiger partial charge is 0.221 e. The van der Waals surface area contributed by atoms with Gasteiger partial charge in [0.2, 0.25) is 5.91 Å². The number of benzene rings is 1. The fourth-order valence-corrected chi connectivity index (χ4v) is 2.67. The molecule has 1 amide bonds. The molecule has 1 aliphatic rings. The summed E-state index contributed by atoms with van der Waals surface area (Å²) in [5.41, 5.74) is 2.54. The van der Waals surface area contributed by atoms with Crippen LogP contribution in [0.4, 0.5) is 5.69 Å². The minimum atomic E-state index is -0.167. The van der Waals surface area contributed by atoms with Crippen LogP contribution in [0.25, 0.3) is 0 Å². The molecule has 0 bridgehead atoms. The Labute approximate surface area is 140 Å². The molecule has 0 spiro atoms. The van der Waals surface area contributed by atoms with E-state index in [1.165, 1.54) is 6.92 Å². The van der Waals surface area contributed by atoms with Gasteiger partial charge in [0.15, 0.2) is 5.76 Å². The molecule has 0 aliphatic carbocycles. The van der Waals surface area contributed by atoms with Gasteiger partial charge in [-0.25, -0.2) is 0 Å². The first-order valence-electron chi connectivity index (χ1n) is 7.83. The quantitative estimate of drug-likeness (QED) is 0.706. The molecule has 1 aliphatic heterocycles. The van der Waals surface area contributed by atoms with Gasteiger partial charge >= 0.3 is 0 Å². The van der Waals surface area contributed by atoms with Crippen molar-refractivity contribution in [3.63, 3.8) is 0 Å². The molecule has 1 fully saturated rings. The second-order valence-electron chi connectivity index (χ2n) is 6.12. The summed E-state index contributed by atoms with van der Waals surface area (Å²) in [5, 5.41) is 19.3. The highest BCUT2D eigenvalue weighted by Gasteiger charge is 2.39. The van der Waals surface area contributed by atoms with Gasteiger partial charge in [-0.1, -0.05) is 17.3 Å². The van der Waals surface area contributed by atoms with E-state index in [0.717, 1.165) is 16.9 Å².